The van der Waals surface area contributed by atoms with Gasteiger partial charge in [-0.1, -0.05) is 12.1 Å². The van der Waals surface area contributed by atoms with E-state index in [2.05, 4.69) is 0 Å². The molecule has 0 aliphatic carbocycles. The van der Waals surface area contributed by atoms with E-state index < -0.39 is 31.8 Å². The quantitative estimate of drug-likeness (QED) is 0.587. The van der Waals surface area contributed by atoms with Crippen molar-refractivity contribution in [3.8, 4) is 0 Å². The average molecular weight is 239 g/mol. The highest BCUT2D eigenvalue weighted by Crippen LogP contribution is 2.31. The first-order valence-corrected chi connectivity index (χ1v) is 4.71. The minimum atomic E-state index is -4.99. The molecule has 0 N–H and O–H groups in total. The number of nitro benzene ring substituents is 1. The Balaban J connectivity index is 3.26. The van der Waals surface area contributed by atoms with Crippen LogP contribution in [0.4, 0.5) is 18.9 Å². The second-order valence-electron chi connectivity index (χ2n) is 2.44. The molecular weight excluding hydrogens is 235 g/mol. The summed E-state index contributed by atoms with van der Waals surface area (Å²) in [6.07, 6.45) is 0. The molecule has 0 heterocycles. The third-order valence-electron chi connectivity index (χ3n) is 1.47. The van der Waals surface area contributed by atoms with Crippen molar-refractivity contribution < 1.29 is 22.3 Å². The highest BCUT2D eigenvalue weighted by Gasteiger charge is 2.41. The predicted octanol–water partition coefficient (Wildman–Crippen LogP) is 2.22. The van der Waals surface area contributed by atoms with E-state index in [9.17, 15) is 27.5 Å². The number of nitrogens with zero attached hydrogens (tertiary/aromatic N) is 1. The Kier molecular flexibility index (Phi) is 3.08. The fraction of sp³-hybridized carbons (Fsp3) is 0.143. The summed E-state index contributed by atoms with van der Waals surface area (Å²) in [4.78, 5) is 8.52. The Morgan fingerprint density at radius 2 is 1.80 bits per heavy atom. The van der Waals surface area contributed by atoms with Crippen LogP contribution in [0.1, 0.15) is 0 Å². The number of hydrogen-bond donors (Lipinski definition) is 0. The molecule has 1 aromatic carbocycles. The monoisotopic (exact) mass is 239 g/mol. The van der Waals surface area contributed by atoms with Gasteiger partial charge >= 0.3 is 5.51 Å². The molecule has 0 amide bonds. The minimum Gasteiger partial charge on any atom is -0.258 e. The van der Waals surface area contributed by atoms with Gasteiger partial charge in [0.25, 0.3) is 5.69 Å². The Morgan fingerprint density at radius 1 is 1.27 bits per heavy atom. The van der Waals surface area contributed by atoms with E-state index in [1.807, 2.05) is 0 Å². The minimum absolute atomic E-state index is 0.798. The van der Waals surface area contributed by atoms with Crippen LogP contribution in [0.3, 0.4) is 0 Å². The van der Waals surface area contributed by atoms with Crippen molar-refractivity contribution in [3.05, 3.63) is 34.4 Å². The fourth-order valence-corrected chi connectivity index (χ4v) is 1.67. The third kappa shape index (κ3) is 2.52. The molecule has 0 fully saturated rings. The fourth-order valence-electron chi connectivity index (χ4n) is 0.889. The Morgan fingerprint density at radius 3 is 2.27 bits per heavy atom. The SMILES string of the molecule is O=[N+]([O-])c1ccccc1S(=O)C(F)(F)F. The maximum atomic E-state index is 12.1. The molecule has 1 atom stereocenters. The largest absolute Gasteiger partial charge is 0.476 e. The molecular formula is C7H4F3NO3S. The van der Waals surface area contributed by atoms with Crippen molar-refractivity contribution in [3.63, 3.8) is 0 Å². The van der Waals surface area contributed by atoms with Crippen LogP contribution in [0.15, 0.2) is 29.2 Å². The van der Waals surface area contributed by atoms with Crippen molar-refractivity contribution in [2.24, 2.45) is 0 Å². The summed E-state index contributed by atoms with van der Waals surface area (Å²) in [5.41, 5.74) is -5.79. The standard InChI is InChI=1S/C7H4F3NO3S/c8-7(9,10)15(14)6-4-2-1-3-5(6)11(12)13/h1-4H. The third-order valence-corrected chi connectivity index (χ3v) is 2.64. The molecule has 0 spiro atoms. The first-order chi connectivity index (χ1) is 6.84. The molecule has 0 aliphatic rings. The predicted molar refractivity (Wildman–Crippen MR) is 45.6 cm³/mol. The summed E-state index contributed by atoms with van der Waals surface area (Å²) < 4.78 is 47.0. The van der Waals surface area contributed by atoms with Crippen LogP contribution < -0.4 is 0 Å². The van der Waals surface area contributed by atoms with Gasteiger partial charge in [0, 0.05) is 6.07 Å². The van der Waals surface area contributed by atoms with Crippen LogP contribution in [-0.4, -0.2) is 14.6 Å². The van der Waals surface area contributed by atoms with Crippen molar-refractivity contribution in [2.75, 3.05) is 0 Å². The Bertz CT molecular complexity index is 418. The van der Waals surface area contributed by atoms with E-state index in [-0.39, 0.29) is 0 Å². The van der Waals surface area contributed by atoms with E-state index in [1.54, 1.807) is 0 Å². The average Bonchev–Trinajstić information content (AvgIpc) is 2.15. The van der Waals surface area contributed by atoms with Crippen LogP contribution in [0.25, 0.3) is 0 Å². The highest BCUT2D eigenvalue weighted by molar-refractivity contribution is 7.86. The second-order valence-corrected chi connectivity index (χ2v) is 3.88. The van der Waals surface area contributed by atoms with E-state index in [1.165, 1.54) is 6.07 Å². The maximum absolute atomic E-state index is 12.1. The summed E-state index contributed by atoms with van der Waals surface area (Å²) in [7, 11) is -3.37. The van der Waals surface area contributed by atoms with Gasteiger partial charge in [-0.2, -0.15) is 13.2 Å². The highest BCUT2D eigenvalue weighted by atomic mass is 32.2. The van der Waals surface area contributed by atoms with Gasteiger partial charge in [-0.25, -0.2) is 4.21 Å². The molecule has 0 radical (unpaired) electrons. The molecule has 1 aromatic rings. The lowest BCUT2D eigenvalue weighted by Gasteiger charge is -2.05. The number of para-hydroxylation sites is 1. The van der Waals surface area contributed by atoms with Gasteiger partial charge in [0.15, 0.2) is 10.8 Å². The zero-order valence-corrected chi connectivity index (χ0v) is 7.84. The number of nitro groups is 1. The summed E-state index contributed by atoms with van der Waals surface area (Å²) in [6.45, 7) is 0. The maximum Gasteiger partial charge on any atom is 0.476 e. The van der Waals surface area contributed by atoms with E-state index in [0.29, 0.717) is 0 Å². The van der Waals surface area contributed by atoms with Gasteiger partial charge < -0.3 is 0 Å². The smallest absolute Gasteiger partial charge is 0.258 e. The molecule has 4 nitrogen and oxygen atoms in total. The molecule has 8 heteroatoms. The van der Waals surface area contributed by atoms with Crippen LogP contribution in [0.2, 0.25) is 0 Å². The normalized spacial score (nSPS) is 13.5. The summed E-state index contributed by atoms with van der Waals surface area (Å²) in [5.74, 6) is 0. The number of rotatable bonds is 2. The molecule has 0 saturated heterocycles. The van der Waals surface area contributed by atoms with Gasteiger partial charge in [-0.3, -0.25) is 10.1 Å². The van der Waals surface area contributed by atoms with Gasteiger partial charge in [-0.05, 0) is 6.07 Å². The lowest BCUT2D eigenvalue weighted by molar-refractivity contribution is -0.387. The van der Waals surface area contributed by atoms with Gasteiger partial charge in [0.1, 0.15) is 4.90 Å². The van der Waals surface area contributed by atoms with E-state index in [4.69, 9.17) is 0 Å². The molecule has 15 heavy (non-hydrogen) atoms. The zero-order chi connectivity index (χ0) is 11.6. The van der Waals surface area contributed by atoms with Gasteiger partial charge in [-0.15, -0.1) is 0 Å². The Labute approximate surface area is 84.3 Å². The number of alkyl halides is 3. The van der Waals surface area contributed by atoms with E-state index in [0.717, 1.165) is 18.2 Å². The van der Waals surface area contributed by atoms with Crippen molar-refractivity contribution in [2.45, 2.75) is 10.4 Å². The van der Waals surface area contributed by atoms with E-state index >= 15 is 0 Å². The first kappa shape index (κ1) is 11.6. The zero-order valence-electron chi connectivity index (χ0n) is 7.02. The van der Waals surface area contributed by atoms with Gasteiger partial charge in [0.2, 0.25) is 0 Å². The number of halogens is 3. The first-order valence-electron chi connectivity index (χ1n) is 3.56. The molecule has 0 aliphatic heterocycles. The van der Waals surface area contributed by atoms with Crippen LogP contribution >= 0.6 is 0 Å². The number of hydrogen-bond acceptors (Lipinski definition) is 3. The summed E-state index contributed by atoms with van der Waals surface area (Å²) >= 11 is 0. The van der Waals surface area contributed by atoms with Gasteiger partial charge in [0.05, 0.1) is 4.92 Å². The second kappa shape index (κ2) is 3.97. The molecule has 1 rings (SSSR count). The number of benzene rings is 1. The summed E-state index contributed by atoms with van der Waals surface area (Å²) in [6, 6.07) is 4.06. The molecule has 1 unspecified atom stereocenters. The van der Waals surface area contributed by atoms with Crippen molar-refractivity contribution in [1.29, 1.82) is 0 Å². The van der Waals surface area contributed by atoms with Crippen molar-refractivity contribution in [1.82, 2.24) is 0 Å². The van der Waals surface area contributed by atoms with Crippen molar-refractivity contribution >= 4 is 16.5 Å². The van der Waals surface area contributed by atoms with Crippen LogP contribution in [0, 0.1) is 10.1 Å². The molecule has 82 valence electrons. The Hall–Kier alpha value is -1.44. The van der Waals surface area contributed by atoms with Crippen LogP contribution in [-0.2, 0) is 10.8 Å². The lowest BCUT2D eigenvalue weighted by Crippen LogP contribution is -2.17. The molecule has 0 saturated carbocycles. The topological polar surface area (TPSA) is 60.2 Å². The van der Waals surface area contributed by atoms with Crippen LogP contribution in [0.5, 0.6) is 0 Å². The lowest BCUT2D eigenvalue weighted by atomic mass is 10.3. The summed E-state index contributed by atoms with van der Waals surface area (Å²) in [5, 5.41) is 10.4. The molecule has 0 aromatic heterocycles. The molecule has 0 bridgehead atoms.